The summed E-state index contributed by atoms with van der Waals surface area (Å²) in [5.74, 6) is -0.258. The standard InChI is InChI=1S/C25H23FN6O4/c1-15-18(23(33)28-13-16-11-19(26)25(35-3)29-14-16)5-4-6-21(15)36-17-7-9-27-22(12-17)31-24(34)20-8-10-30-32(20)2/h4-12,14H,13H2,1-3H3,(H,28,33)(H,27,31,34). The van der Waals surface area contributed by atoms with Gasteiger partial charge in [0.15, 0.2) is 5.82 Å². The summed E-state index contributed by atoms with van der Waals surface area (Å²) in [6.45, 7) is 1.84. The van der Waals surface area contributed by atoms with Gasteiger partial charge in [-0.1, -0.05) is 6.07 Å². The normalized spacial score (nSPS) is 10.6. The number of nitrogens with zero attached hydrogens (tertiary/aromatic N) is 4. The topological polar surface area (TPSA) is 120 Å². The average Bonchev–Trinajstić information content (AvgIpc) is 3.30. The minimum absolute atomic E-state index is 0.0847. The van der Waals surface area contributed by atoms with Crippen LogP contribution < -0.4 is 20.1 Å². The quantitative estimate of drug-likeness (QED) is 0.387. The van der Waals surface area contributed by atoms with E-state index in [1.165, 1.54) is 36.4 Å². The molecule has 184 valence electrons. The predicted molar refractivity (Wildman–Crippen MR) is 129 cm³/mol. The van der Waals surface area contributed by atoms with Crippen molar-refractivity contribution in [3.63, 3.8) is 0 Å². The first-order chi connectivity index (χ1) is 17.4. The van der Waals surface area contributed by atoms with Crippen LogP contribution in [0.3, 0.4) is 0 Å². The molecule has 4 aromatic rings. The van der Waals surface area contributed by atoms with E-state index in [9.17, 15) is 14.0 Å². The smallest absolute Gasteiger partial charge is 0.275 e. The summed E-state index contributed by atoms with van der Waals surface area (Å²) in [6, 6.07) is 11.1. The Morgan fingerprint density at radius 2 is 1.92 bits per heavy atom. The first-order valence-corrected chi connectivity index (χ1v) is 10.8. The highest BCUT2D eigenvalue weighted by molar-refractivity contribution is 6.02. The van der Waals surface area contributed by atoms with Crippen LogP contribution in [0.15, 0.2) is 61.1 Å². The summed E-state index contributed by atoms with van der Waals surface area (Å²) in [4.78, 5) is 33.2. The second kappa shape index (κ2) is 10.6. The number of benzene rings is 1. The van der Waals surface area contributed by atoms with Crippen LogP contribution in [0, 0.1) is 12.7 Å². The Kier molecular flexibility index (Phi) is 7.19. The van der Waals surface area contributed by atoms with Gasteiger partial charge < -0.3 is 20.1 Å². The number of anilines is 1. The monoisotopic (exact) mass is 490 g/mol. The van der Waals surface area contributed by atoms with Crippen molar-refractivity contribution in [2.75, 3.05) is 12.4 Å². The SMILES string of the molecule is COc1ncc(CNC(=O)c2cccc(Oc3ccnc(NC(=O)c4ccnn4C)c3)c2C)cc1F. The predicted octanol–water partition coefficient (Wildman–Crippen LogP) is 3.64. The van der Waals surface area contributed by atoms with Crippen LogP contribution in [0.4, 0.5) is 10.2 Å². The number of rotatable bonds is 8. The molecule has 36 heavy (non-hydrogen) atoms. The number of pyridine rings is 2. The molecule has 0 radical (unpaired) electrons. The van der Waals surface area contributed by atoms with Crippen molar-refractivity contribution in [1.29, 1.82) is 0 Å². The van der Waals surface area contributed by atoms with Crippen LogP contribution in [0.1, 0.15) is 32.0 Å². The molecule has 0 atom stereocenters. The number of aryl methyl sites for hydroxylation is 1. The third-order valence-corrected chi connectivity index (χ3v) is 5.29. The zero-order chi connectivity index (χ0) is 25.7. The van der Waals surface area contributed by atoms with Crippen LogP contribution in [0.25, 0.3) is 0 Å². The fourth-order valence-electron chi connectivity index (χ4n) is 3.41. The lowest BCUT2D eigenvalue weighted by molar-refractivity contribution is 0.0948. The van der Waals surface area contributed by atoms with Crippen LogP contribution >= 0.6 is 0 Å². The van der Waals surface area contributed by atoms with Gasteiger partial charge in [-0.2, -0.15) is 5.10 Å². The number of nitrogens with one attached hydrogen (secondary N) is 2. The van der Waals surface area contributed by atoms with Crippen LogP contribution in [0.2, 0.25) is 0 Å². The van der Waals surface area contributed by atoms with Crippen molar-refractivity contribution in [3.8, 4) is 17.4 Å². The lowest BCUT2D eigenvalue weighted by Crippen LogP contribution is -2.24. The number of hydrogen-bond donors (Lipinski definition) is 2. The van der Waals surface area contributed by atoms with Crippen LogP contribution in [-0.4, -0.2) is 38.7 Å². The van der Waals surface area contributed by atoms with Crippen molar-refractivity contribution in [1.82, 2.24) is 25.1 Å². The van der Waals surface area contributed by atoms with E-state index in [2.05, 4.69) is 25.7 Å². The molecule has 3 heterocycles. The van der Waals surface area contributed by atoms with Gasteiger partial charge in [-0.15, -0.1) is 0 Å². The van der Waals surface area contributed by atoms with Crippen molar-refractivity contribution in [2.45, 2.75) is 13.5 Å². The van der Waals surface area contributed by atoms with Gasteiger partial charge >= 0.3 is 0 Å². The summed E-state index contributed by atoms with van der Waals surface area (Å²) >= 11 is 0. The van der Waals surface area contributed by atoms with Gasteiger partial charge in [0, 0.05) is 49.4 Å². The zero-order valence-electron chi connectivity index (χ0n) is 19.8. The fraction of sp³-hybridized carbons (Fsp3) is 0.160. The summed E-state index contributed by atoms with van der Waals surface area (Å²) in [7, 11) is 3.00. The lowest BCUT2D eigenvalue weighted by Gasteiger charge is -2.13. The van der Waals surface area contributed by atoms with Crippen molar-refractivity contribution >= 4 is 17.6 Å². The Hall–Kier alpha value is -4.80. The highest BCUT2D eigenvalue weighted by Crippen LogP contribution is 2.28. The molecule has 11 heteroatoms. The molecule has 0 unspecified atom stereocenters. The molecule has 2 N–H and O–H groups in total. The molecule has 10 nitrogen and oxygen atoms in total. The number of hydrogen-bond acceptors (Lipinski definition) is 7. The number of amides is 2. The van der Waals surface area contributed by atoms with E-state index >= 15 is 0 Å². The van der Waals surface area contributed by atoms with E-state index in [0.717, 1.165) is 0 Å². The maximum Gasteiger partial charge on any atom is 0.275 e. The molecule has 0 fully saturated rings. The van der Waals surface area contributed by atoms with Crippen molar-refractivity contribution in [2.24, 2.45) is 7.05 Å². The summed E-state index contributed by atoms with van der Waals surface area (Å²) < 4.78 is 26.1. The van der Waals surface area contributed by atoms with Crippen molar-refractivity contribution < 1.29 is 23.5 Å². The lowest BCUT2D eigenvalue weighted by atomic mass is 10.1. The largest absolute Gasteiger partial charge is 0.479 e. The van der Waals surface area contributed by atoms with Gasteiger partial charge in [0.25, 0.3) is 11.8 Å². The molecule has 0 saturated heterocycles. The van der Waals surface area contributed by atoms with E-state index in [0.29, 0.717) is 39.7 Å². The van der Waals surface area contributed by atoms with Gasteiger partial charge in [-0.25, -0.2) is 14.4 Å². The van der Waals surface area contributed by atoms with E-state index in [4.69, 9.17) is 9.47 Å². The minimum atomic E-state index is -0.607. The molecular weight excluding hydrogens is 467 g/mol. The van der Waals surface area contributed by atoms with Gasteiger partial charge in [0.2, 0.25) is 5.88 Å². The highest BCUT2D eigenvalue weighted by Gasteiger charge is 2.15. The number of methoxy groups -OCH3 is 1. The highest BCUT2D eigenvalue weighted by atomic mass is 19.1. The Balaban J connectivity index is 1.44. The maximum absolute atomic E-state index is 13.9. The Morgan fingerprint density at radius 3 is 2.64 bits per heavy atom. The number of carbonyl (C=O) groups is 2. The molecule has 0 spiro atoms. The summed E-state index contributed by atoms with van der Waals surface area (Å²) in [6.07, 6.45) is 4.46. The van der Waals surface area contributed by atoms with Crippen LogP contribution in [0.5, 0.6) is 17.4 Å². The zero-order valence-corrected chi connectivity index (χ0v) is 19.8. The van der Waals surface area contributed by atoms with E-state index < -0.39 is 5.82 Å². The fourth-order valence-corrected chi connectivity index (χ4v) is 3.41. The molecule has 2 amide bonds. The van der Waals surface area contributed by atoms with Gasteiger partial charge in [0.05, 0.1) is 7.11 Å². The summed E-state index contributed by atoms with van der Waals surface area (Å²) in [5.41, 5.74) is 1.87. The number of halogens is 1. The van der Waals surface area contributed by atoms with Gasteiger partial charge in [0.1, 0.15) is 23.0 Å². The third kappa shape index (κ3) is 5.46. The minimum Gasteiger partial charge on any atom is -0.479 e. The van der Waals surface area contributed by atoms with E-state index in [-0.39, 0.29) is 24.2 Å². The number of ether oxygens (including phenoxy) is 2. The van der Waals surface area contributed by atoms with Crippen molar-refractivity contribution in [3.05, 3.63) is 89.3 Å². The first-order valence-electron chi connectivity index (χ1n) is 10.8. The summed E-state index contributed by atoms with van der Waals surface area (Å²) in [5, 5.41) is 9.44. The molecule has 4 rings (SSSR count). The molecule has 0 aliphatic heterocycles. The maximum atomic E-state index is 13.9. The van der Waals surface area contributed by atoms with Gasteiger partial charge in [-0.3, -0.25) is 14.3 Å². The molecular formula is C25H23FN6O4. The van der Waals surface area contributed by atoms with Gasteiger partial charge in [-0.05, 0) is 42.8 Å². The number of carbonyl (C=O) groups excluding carboxylic acids is 2. The Bertz CT molecular complexity index is 1420. The molecule has 0 aliphatic carbocycles. The first kappa shape index (κ1) is 24.3. The van der Waals surface area contributed by atoms with E-state index in [1.54, 1.807) is 50.4 Å². The molecule has 0 aliphatic rings. The van der Waals surface area contributed by atoms with E-state index in [1.807, 2.05) is 0 Å². The second-order valence-corrected chi connectivity index (χ2v) is 7.72. The molecule has 3 aromatic heterocycles. The average molecular weight is 490 g/mol. The molecule has 0 saturated carbocycles. The molecule has 1 aromatic carbocycles. The third-order valence-electron chi connectivity index (χ3n) is 5.29. The Labute approximate surface area is 206 Å². The Morgan fingerprint density at radius 1 is 1.08 bits per heavy atom. The number of aromatic nitrogens is 4. The molecule has 0 bridgehead atoms. The van der Waals surface area contributed by atoms with Crippen LogP contribution in [-0.2, 0) is 13.6 Å². The second-order valence-electron chi connectivity index (χ2n) is 7.72.